The van der Waals surface area contributed by atoms with Gasteiger partial charge < -0.3 is 5.32 Å². The molecular formula is C22H18N2O3. The van der Waals surface area contributed by atoms with Crippen LogP contribution in [0.3, 0.4) is 0 Å². The number of carbonyl (C=O) groups is 3. The minimum absolute atomic E-state index is 0.117. The van der Waals surface area contributed by atoms with Crippen molar-refractivity contribution in [1.29, 1.82) is 0 Å². The van der Waals surface area contributed by atoms with Crippen LogP contribution in [0, 0.1) is 23.7 Å². The number of hydrogen-bond acceptors (Lipinski definition) is 3. The number of nitrogens with one attached hydrogen (secondary N) is 1. The van der Waals surface area contributed by atoms with E-state index in [1.54, 1.807) is 48.5 Å². The molecule has 3 amide bonds. The molecule has 2 aromatic carbocycles. The van der Waals surface area contributed by atoms with E-state index in [-0.39, 0.29) is 41.4 Å². The van der Waals surface area contributed by atoms with E-state index in [0.29, 0.717) is 16.9 Å². The Morgan fingerprint density at radius 1 is 0.889 bits per heavy atom. The van der Waals surface area contributed by atoms with E-state index in [9.17, 15) is 14.4 Å². The highest BCUT2D eigenvalue weighted by Gasteiger charge is 2.59. The second-order valence-electron chi connectivity index (χ2n) is 7.38. The van der Waals surface area contributed by atoms with E-state index in [1.807, 2.05) is 6.07 Å². The van der Waals surface area contributed by atoms with E-state index in [1.165, 1.54) is 4.90 Å². The molecule has 2 aromatic rings. The normalized spacial score (nSPS) is 27.9. The number of hydrogen-bond donors (Lipinski definition) is 1. The van der Waals surface area contributed by atoms with Crippen molar-refractivity contribution in [2.75, 3.05) is 10.2 Å². The maximum atomic E-state index is 12.9. The largest absolute Gasteiger partial charge is 0.322 e. The zero-order chi connectivity index (χ0) is 18.5. The number of fused-ring (bicyclic) bond motifs is 5. The standard InChI is InChI=1S/C22H18N2O3/c25-20(13-5-2-1-3-6-13)23-16-7-4-8-17(12-16)24-21(26)18-14-9-10-15(11-14)19(18)22(24)27/h1-10,12,14-15,18-19H,11H2,(H,23,25)/t14-,15-,18-,19-/m0/s1. The van der Waals surface area contributed by atoms with Gasteiger partial charge >= 0.3 is 0 Å². The van der Waals surface area contributed by atoms with Crippen molar-refractivity contribution in [3.8, 4) is 0 Å². The van der Waals surface area contributed by atoms with Gasteiger partial charge in [-0.15, -0.1) is 0 Å². The molecule has 5 heteroatoms. The molecule has 0 aromatic heterocycles. The first-order valence-electron chi connectivity index (χ1n) is 9.16. The van der Waals surface area contributed by atoms with Gasteiger partial charge in [-0.25, -0.2) is 4.90 Å². The van der Waals surface area contributed by atoms with Crippen LogP contribution in [0.15, 0.2) is 66.7 Å². The topological polar surface area (TPSA) is 66.5 Å². The molecule has 1 heterocycles. The van der Waals surface area contributed by atoms with E-state index in [4.69, 9.17) is 0 Å². The average Bonchev–Trinajstić information content (AvgIpc) is 3.36. The maximum Gasteiger partial charge on any atom is 0.255 e. The van der Waals surface area contributed by atoms with Crippen LogP contribution >= 0.6 is 0 Å². The minimum atomic E-state index is -0.231. The quantitative estimate of drug-likeness (QED) is 0.677. The lowest BCUT2D eigenvalue weighted by Crippen LogP contribution is -2.32. The predicted octanol–water partition coefficient (Wildman–Crippen LogP) is 3.25. The molecule has 1 saturated heterocycles. The Kier molecular flexibility index (Phi) is 3.50. The molecule has 2 aliphatic carbocycles. The molecule has 27 heavy (non-hydrogen) atoms. The molecule has 0 radical (unpaired) electrons. The molecule has 1 saturated carbocycles. The Bertz CT molecular complexity index is 952. The van der Waals surface area contributed by atoms with Crippen LogP contribution in [-0.4, -0.2) is 17.7 Å². The van der Waals surface area contributed by atoms with Gasteiger partial charge in [0.2, 0.25) is 11.8 Å². The maximum absolute atomic E-state index is 12.9. The third-order valence-electron chi connectivity index (χ3n) is 5.87. The Morgan fingerprint density at radius 3 is 2.22 bits per heavy atom. The summed E-state index contributed by atoms with van der Waals surface area (Å²) >= 11 is 0. The number of anilines is 2. The van der Waals surface area contributed by atoms with E-state index in [0.717, 1.165) is 6.42 Å². The van der Waals surface area contributed by atoms with Crippen molar-refractivity contribution < 1.29 is 14.4 Å². The second-order valence-corrected chi connectivity index (χ2v) is 7.38. The number of allylic oxidation sites excluding steroid dienone is 2. The highest BCUT2D eigenvalue weighted by molar-refractivity contribution is 6.23. The van der Waals surface area contributed by atoms with Crippen LogP contribution in [0.1, 0.15) is 16.8 Å². The van der Waals surface area contributed by atoms with Crippen molar-refractivity contribution in [3.05, 3.63) is 72.3 Å². The van der Waals surface area contributed by atoms with Gasteiger partial charge in [-0.3, -0.25) is 14.4 Å². The number of imide groups is 1. The van der Waals surface area contributed by atoms with Crippen LogP contribution in [0.5, 0.6) is 0 Å². The molecule has 134 valence electrons. The molecule has 5 nitrogen and oxygen atoms in total. The smallest absolute Gasteiger partial charge is 0.255 e. The molecule has 0 unspecified atom stereocenters. The first-order chi connectivity index (χ1) is 13.1. The van der Waals surface area contributed by atoms with Crippen molar-refractivity contribution in [2.45, 2.75) is 6.42 Å². The first kappa shape index (κ1) is 16.0. The third-order valence-corrected chi connectivity index (χ3v) is 5.87. The molecule has 5 rings (SSSR count). The Labute approximate surface area is 156 Å². The summed E-state index contributed by atoms with van der Waals surface area (Å²) in [4.78, 5) is 39.5. The monoisotopic (exact) mass is 358 g/mol. The fourth-order valence-corrected chi connectivity index (χ4v) is 4.67. The van der Waals surface area contributed by atoms with Crippen LogP contribution in [0.4, 0.5) is 11.4 Å². The van der Waals surface area contributed by atoms with E-state index in [2.05, 4.69) is 17.5 Å². The summed E-state index contributed by atoms with van der Waals surface area (Å²) in [5.41, 5.74) is 1.62. The predicted molar refractivity (Wildman–Crippen MR) is 101 cm³/mol. The third kappa shape index (κ3) is 2.42. The van der Waals surface area contributed by atoms with Gasteiger partial charge in [0.1, 0.15) is 0 Å². The molecular weight excluding hydrogens is 340 g/mol. The Balaban J connectivity index is 1.41. The fourth-order valence-electron chi connectivity index (χ4n) is 4.67. The fraction of sp³-hybridized carbons (Fsp3) is 0.227. The van der Waals surface area contributed by atoms with Crippen molar-refractivity contribution in [1.82, 2.24) is 0 Å². The second kappa shape index (κ2) is 5.91. The van der Waals surface area contributed by atoms with Gasteiger partial charge in [-0.05, 0) is 48.6 Å². The first-order valence-corrected chi connectivity index (χ1v) is 9.16. The summed E-state index contributed by atoms with van der Waals surface area (Å²) < 4.78 is 0. The van der Waals surface area contributed by atoms with Gasteiger partial charge in [-0.1, -0.05) is 36.4 Å². The van der Waals surface area contributed by atoms with Crippen molar-refractivity contribution in [3.63, 3.8) is 0 Å². The van der Waals surface area contributed by atoms with Gasteiger partial charge in [0.25, 0.3) is 5.91 Å². The van der Waals surface area contributed by atoms with Crippen LogP contribution in [0.2, 0.25) is 0 Å². The molecule has 4 atom stereocenters. The zero-order valence-electron chi connectivity index (χ0n) is 14.5. The highest BCUT2D eigenvalue weighted by Crippen LogP contribution is 2.53. The SMILES string of the molecule is O=C(Nc1cccc(N2C(=O)[C@@H]3[C@@H](C2=O)[C@H]2C=C[C@H]3C2)c1)c1ccccc1. The highest BCUT2D eigenvalue weighted by atomic mass is 16.2. The number of carbonyl (C=O) groups excluding carboxylic acids is 3. The van der Waals surface area contributed by atoms with Gasteiger partial charge in [0.05, 0.1) is 17.5 Å². The van der Waals surface area contributed by atoms with Crippen molar-refractivity contribution >= 4 is 29.1 Å². The lowest BCUT2D eigenvalue weighted by atomic mass is 9.85. The number of nitrogens with zero attached hydrogens (tertiary/aromatic N) is 1. The van der Waals surface area contributed by atoms with Gasteiger partial charge in [-0.2, -0.15) is 0 Å². The number of benzene rings is 2. The molecule has 2 bridgehead atoms. The van der Waals surface area contributed by atoms with Gasteiger partial charge in [0.15, 0.2) is 0 Å². The summed E-state index contributed by atoms with van der Waals surface area (Å²) in [6.07, 6.45) is 5.07. The summed E-state index contributed by atoms with van der Waals surface area (Å²) in [6.45, 7) is 0. The van der Waals surface area contributed by atoms with Crippen LogP contribution in [0.25, 0.3) is 0 Å². The Hall–Kier alpha value is -3.21. The van der Waals surface area contributed by atoms with Crippen LogP contribution < -0.4 is 10.2 Å². The number of amides is 3. The average molecular weight is 358 g/mol. The summed E-state index contributed by atoms with van der Waals surface area (Å²) in [6, 6.07) is 15.8. The molecule has 1 N–H and O–H groups in total. The van der Waals surface area contributed by atoms with Gasteiger partial charge in [0, 0.05) is 11.3 Å². The van der Waals surface area contributed by atoms with E-state index < -0.39 is 0 Å². The molecule has 3 aliphatic rings. The zero-order valence-corrected chi connectivity index (χ0v) is 14.5. The lowest BCUT2D eigenvalue weighted by Gasteiger charge is -2.18. The Morgan fingerprint density at radius 2 is 1.56 bits per heavy atom. The van der Waals surface area contributed by atoms with Crippen molar-refractivity contribution in [2.24, 2.45) is 23.7 Å². The molecule has 1 aliphatic heterocycles. The molecule has 0 spiro atoms. The summed E-state index contributed by atoms with van der Waals surface area (Å²) in [5, 5.41) is 2.83. The summed E-state index contributed by atoms with van der Waals surface area (Å²) in [5.74, 6) is -0.553. The minimum Gasteiger partial charge on any atom is -0.322 e. The number of rotatable bonds is 3. The van der Waals surface area contributed by atoms with Crippen LogP contribution in [-0.2, 0) is 9.59 Å². The van der Waals surface area contributed by atoms with E-state index >= 15 is 0 Å². The molecule has 2 fully saturated rings. The summed E-state index contributed by atoms with van der Waals surface area (Å²) in [7, 11) is 0. The lowest BCUT2D eigenvalue weighted by molar-refractivity contribution is -0.123.